The number of hydrogen-bond donors (Lipinski definition) is 4. The second-order valence-electron chi connectivity index (χ2n) is 4.85. The van der Waals surface area contributed by atoms with E-state index in [0.717, 1.165) is 10.8 Å². The van der Waals surface area contributed by atoms with Gasteiger partial charge in [-0.1, -0.05) is 5.92 Å². The van der Waals surface area contributed by atoms with Crippen LogP contribution < -0.4 is 17.0 Å². The van der Waals surface area contributed by atoms with Gasteiger partial charge in [0.25, 0.3) is 5.56 Å². The Balaban J connectivity index is 2.21. The van der Waals surface area contributed by atoms with Crippen molar-refractivity contribution in [3.63, 3.8) is 0 Å². The van der Waals surface area contributed by atoms with Crippen molar-refractivity contribution < 1.29 is 24.5 Å². The number of nitrogens with one attached hydrogen (secondary N) is 1. The van der Waals surface area contributed by atoms with Crippen LogP contribution in [0.5, 0.6) is 0 Å². The molecule has 0 amide bonds. The summed E-state index contributed by atoms with van der Waals surface area (Å²) in [4.78, 5) is 36.3. The third-order valence-corrected chi connectivity index (χ3v) is 3.28. The molecule has 5 N–H and O–H groups in total. The Bertz CT molecular complexity index is 758. The molecule has 23 heavy (non-hydrogen) atoms. The largest absolute Gasteiger partial charge is 0.405 e. The molecule has 0 spiro atoms. The highest BCUT2D eigenvalue weighted by Crippen LogP contribution is 2.32. The highest BCUT2D eigenvalue weighted by atomic mass is 16.8. The van der Waals surface area contributed by atoms with Crippen LogP contribution in [0.2, 0.25) is 0 Å². The molecule has 1 saturated heterocycles. The summed E-state index contributed by atoms with van der Waals surface area (Å²) in [6.45, 7) is -0.538. The highest BCUT2D eigenvalue weighted by molar-refractivity contribution is 5.71. The Morgan fingerprint density at radius 1 is 1.57 bits per heavy atom. The van der Waals surface area contributed by atoms with Crippen molar-refractivity contribution in [2.75, 3.05) is 6.54 Å². The molecule has 0 aliphatic carbocycles. The van der Waals surface area contributed by atoms with Gasteiger partial charge in [-0.3, -0.25) is 19.1 Å². The van der Waals surface area contributed by atoms with Crippen LogP contribution >= 0.6 is 0 Å². The van der Waals surface area contributed by atoms with E-state index in [4.69, 9.17) is 16.9 Å². The van der Waals surface area contributed by atoms with Crippen LogP contribution in [0.25, 0.3) is 0 Å². The summed E-state index contributed by atoms with van der Waals surface area (Å²) >= 11 is 0. The molecule has 124 valence electrons. The number of nitrogens with zero attached hydrogens (tertiary/aromatic N) is 1. The Morgan fingerprint density at radius 2 is 2.26 bits per heavy atom. The van der Waals surface area contributed by atoms with E-state index in [9.17, 15) is 24.6 Å². The normalized spacial score (nSPS) is 21.0. The second kappa shape index (κ2) is 6.35. The number of terminal acetylenes is 1. The fraction of sp³-hybridized carbons (Fsp3) is 0.462. The Hall–Kier alpha value is -2.45. The van der Waals surface area contributed by atoms with E-state index in [-0.39, 0.29) is 18.4 Å². The van der Waals surface area contributed by atoms with E-state index < -0.39 is 42.1 Å². The maximum atomic E-state index is 11.8. The third kappa shape index (κ3) is 3.49. The van der Waals surface area contributed by atoms with E-state index in [2.05, 4.69) is 10.7 Å². The number of esters is 1. The van der Waals surface area contributed by atoms with Crippen LogP contribution in [0.4, 0.5) is 0 Å². The average molecular weight is 325 g/mol. The molecule has 10 heteroatoms. The van der Waals surface area contributed by atoms with Crippen LogP contribution in [0.3, 0.4) is 0 Å². The number of carbonyl (C=O) groups is 1. The summed E-state index contributed by atoms with van der Waals surface area (Å²) in [5.74, 6) is -1.79. The molecule has 1 aromatic rings. The summed E-state index contributed by atoms with van der Waals surface area (Å²) < 4.78 is 10.8. The molecule has 0 radical (unpaired) electrons. The number of ether oxygens (including phenoxy) is 2. The summed E-state index contributed by atoms with van der Waals surface area (Å²) in [7, 11) is 0. The van der Waals surface area contributed by atoms with Gasteiger partial charge >= 0.3 is 17.6 Å². The lowest BCUT2D eigenvalue weighted by Crippen LogP contribution is -2.47. The van der Waals surface area contributed by atoms with Gasteiger partial charge in [0.1, 0.15) is 11.8 Å². The average Bonchev–Trinajstić information content (AvgIpc) is 2.97. The van der Waals surface area contributed by atoms with Crippen LogP contribution in [0.1, 0.15) is 24.6 Å². The topological polar surface area (TPSA) is 157 Å². The number of rotatable bonds is 4. The zero-order valence-corrected chi connectivity index (χ0v) is 11.9. The maximum Gasteiger partial charge on any atom is 0.352 e. The zero-order chi connectivity index (χ0) is 17.2. The van der Waals surface area contributed by atoms with Crippen molar-refractivity contribution in [3.05, 3.63) is 32.6 Å². The number of hydrogen-bond acceptors (Lipinski definition) is 8. The fourth-order valence-corrected chi connectivity index (χ4v) is 2.18. The number of H-pyrrole nitrogens is 1. The number of aromatic nitrogens is 2. The molecule has 1 aliphatic rings. The zero-order valence-electron chi connectivity index (χ0n) is 11.9. The van der Waals surface area contributed by atoms with E-state index in [1.54, 1.807) is 0 Å². The molecule has 1 fully saturated rings. The molecule has 2 atom stereocenters. The minimum Gasteiger partial charge on any atom is -0.405 e. The first-order valence-corrected chi connectivity index (χ1v) is 6.62. The van der Waals surface area contributed by atoms with Crippen LogP contribution in [-0.4, -0.2) is 44.4 Å². The smallest absolute Gasteiger partial charge is 0.352 e. The monoisotopic (exact) mass is 325 g/mol. The first kappa shape index (κ1) is 16.9. The highest BCUT2D eigenvalue weighted by Gasteiger charge is 2.45. The van der Waals surface area contributed by atoms with Gasteiger partial charge in [-0.2, -0.15) is 0 Å². The second-order valence-corrected chi connectivity index (χ2v) is 4.85. The lowest BCUT2D eigenvalue weighted by Gasteiger charge is -2.27. The summed E-state index contributed by atoms with van der Waals surface area (Å²) in [6, 6.07) is 0. The quantitative estimate of drug-likeness (QED) is 0.265. The molecule has 0 bridgehead atoms. The van der Waals surface area contributed by atoms with Gasteiger partial charge in [-0.05, 0) is 12.8 Å². The van der Waals surface area contributed by atoms with Crippen molar-refractivity contribution in [2.45, 2.75) is 31.1 Å². The van der Waals surface area contributed by atoms with Crippen molar-refractivity contribution in [3.8, 4) is 12.3 Å². The molecular formula is C13H15N3O7. The number of aromatic amines is 1. The van der Waals surface area contributed by atoms with Gasteiger partial charge in [0, 0.05) is 6.20 Å². The Labute approximate surface area is 129 Å². The number of nitrogens with two attached hydrogens (primary N) is 1. The van der Waals surface area contributed by atoms with Crippen molar-refractivity contribution in [2.24, 2.45) is 5.73 Å². The van der Waals surface area contributed by atoms with E-state index in [1.807, 2.05) is 4.98 Å². The molecule has 0 saturated carbocycles. The lowest BCUT2D eigenvalue weighted by molar-refractivity contribution is -0.362. The van der Waals surface area contributed by atoms with Gasteiger partial charge in [-0.25, -0.2) is 4.79 Å². The predicted molar refractivity (Wildman–Crippen MR) is 74.7 cm³/mol. The van der Waals surface area contributed by atoms with Crippen LogP contribution in [0, 0.1) is 12.3 Å². The predicted octanol–water partition coefficient (Wildman–Crippen LogP) is -2.66. The molecule has 1 aliphatic heterocycles. The van der Waals surface area contributed by atoms with Gasteiger partial charge in [0.2, 0.25) is 0 Å². The minimum atomic E-state index is -2.88. The summed E-state index contributed by atoms with van der Waals surface area (Å²) in [5.41, 5.74) is 3.48. The Morgan fingerprint density at radius 3 is 2.87 bits per heavy atom. The standard InChI is InChI=1S/C13H15N3O7/c1-2-7-6-16(12(19)15-11(7)18)9-4-3-8(22-9)13(20,21)23-10(17)5-14/h1,6,8-9,20-21H,3-5,14H2,(H,15,18,19). The van der Waals surface area contributed by atoms with Gasteiger partial charge < -0.3 is 25.4 Å². The molecule has 2 rings (SSSR count). The van der Waals surface area contributed by atoms with Crippen LogP contribution in [0.15, 0.2) is 15.8 Å². The Kier molecular flexibility index (Phi) is 4.67. The molecule has 2 unspecified atom stereocenters. The van der Waals surface area contributed by atoms with Gasteiger partial charge in [0.05, 0.1) is 6.54 Å². The maximum absolute atomic E-state index is 11.8. The minimum absolute atomic E-state index is 0.0759. The summed E-state index contributed by atoms with van der Waals surface area (Å²) in [6.07, 6.45) is 4.36. The summed E-state index contributed by atoms with van der Waals surface area (Å²) in [5, 5.41) is 19.5. The third-order valence-electron chi connectivity index (χ3n) is 3.28. The SMILES string of the molecule is C#Cc1cn(C2CCC(C(O)(O)OC(=O)CN)O2)c(=O)[nH]c1=O. The number of aliphatic hydroxyl groups is 2. The number of carbonyl (C=O) groups excluding carboxylic acids is 1. The molecule has 2 heterocycles. The van der Waals surface area contributed by atoms with Gasteiger partial charge in [-0.15, -0.1) is 6.42 Å². The van der Waals surface area contributed by atoms with Gasteiger partial charge in [0.15, 0.2) is 6.10 Å². The molecule has 0 aromatic carbocycles. The lowest BCUT2D eigenvalue weighted by atomic mass is 10.2. The first-order chi connectivity index (χ1) is 10.8. The van der Waals surface area contributed by atoms with Crippen molar-refractivity contribution >= 4 is 5.97 Å². The van der Waals surface area contributed by atoms with Crippen molar-refractivity contribution in [1.82, 2.24) is 9.55 Å². The van der Waals surface area contributed by atoms with E-state index in [1.165, 1.54) is 0 Å². The first-order valence-electron chi connectivity index (χ1n) is 6.62. The van der Waals surface area contributed by atoms with E-state index >= 15 is 0 Å². The van der Waals surface area contributed by atoms with E-state index in [0.29, 0.717) is 0 Å². The molecule has 10 nitrogen and oxygen atoms in total. The van der Waals surface area contributed by atoms with Crippen molar-refractivity contribution in [1.29, 1.82) is 0 Å². The molecular weight excluding hydrogens is 310 g/mol. The van der Waals surface area contributed by atoms with Crippen LogP contribution in [-0.2, 0) is 14.3 Å². The fourth-order valence-electron chi connectivity index (χ4n) is 2.18. The molecule has 1 aromatic heterocycles.